The summed E-state index contributed by atoms with van der Waals surface area (Å²) in [5, 5.41) is 1.73. The Bertz CT molecular complexity index is 798. The molecule has 1 N–H and O–H groups in total. The molecule has 4 rings (SSSR count). The van der Waals surface area contributed by atoms with Gasteiger partial charge in [-0.15, -0.1) is 0 Å². The van der Waals surface area contributed by atoms with Gasteiger partial charge in [0, 0.05) is 31.8 Å². The molecule has 7 nitrogen and oxygen atoms in total. The molecule has 2 heterocycles. The van der Waals surface area contributed by atoms with Crippen LogP contribution < -0.4 is 10.1 Å². The number of imide groups is 1. The highest BCUT2D eigenvalue weighted by Crippen LogP contribution is 2.34. The van der Waals surface area contributed by atoms with E-state index in [0.717, 1.165) is 36.0 Å². The van der Waals surface area contributed by atoms with Gasteiger partial charge < -0.3 is 14.2 Å². The van der Waals surface area contributed by atoms with Crippen LogP contribution in [0.4, 0.5) is 4.79 Å². The largest absolute Gasteiger partial charge is 0.494 e. The van der Waals surface area contributed by atoms with Crippen LogP contribution in [0, 0.1) is 0 Å². The van der Waals surface area contributed by atoms with Gasteiger partial charge in [0.1, 0.15) is 11.9 Å². The third-order valence-electron chi connectivity index (χ3n) is 6.89. The molecule has 2 saturated heterocycles. The molecule has 1 aliphatic carbocycles. The first-order valence-electron chi connectivity index (χ1n) is 12.3. The number of ether oxygens (including phenoxy) is 3. The minimum absolute atomic E-state index is 0.0827. The number of hydrogen-bond donors (Lipinski definition) is 1. The third-order valence-corrected chi connectivity index (χ3v) is 7.87. The lowest BCUT2D eigenvalue weighted by atomic mass is 10.1. The van der Waals surface area contributed by atoms with Crippen molar-refractivity contribution in [2.45, 2.75) is 81.9 Å². The second-order valence-corrected chi connectivity index (χ2v) is 10.2. The first-order valence-corrected chi connectivity index (χ1v) is 13.2. The second kappa shape index (κ2) is 11.7. The molecule has 0 aromatic heterocycles. The molecule has 182 valence electrons. The van der Waals surface area contributed by atoms with Gasteiger partial charge in [0.05, 0.1) is 18.0 Å². The van der Waals surface area contributed by atoms with Crippen molar-refractivity contribution in [3.63, 3.8) is 0 Å². The minimum atomic E-state index is -0.345. The number of carbonyl (C=O) groups excluding carboxylic acids is 2. The van der Waals surface area contributed by atoms with Crippen molar-refractivity contribution in [1.29, 1.82) is 0 Å². The lowest BCUT2D eigenvalue weighted by Crippen LogP contribution is -2.43. The molecule has 8 heteroatoms. The fourth-order valence-corrected chi connectivity index (χ4v) is 6.26. The highest BCUT2D eigenvalue weighted by molar-refractivity contribution is 8.15. The van der Waals surface area contributed by atoms with Crippen LogP contribution in [0.3, 0.4) is 0 Å². The predicted octanol–water partition coefficient (Wildman–Crippen LogP) is 3.79. The number of likely N-dealkylation sites (tertiary alicyclic amines) is 1. The molecule has 1 aromatic rings. The van der Waals surface area contributed by atoms with Gasteiger partial charge in [-0.05, 0) is 57.2 Å². The quantitative estimate of drug-likeness (QED) is 0.521. The molecule has 0 bridgehead atoms. The summed E-state index contributed by atoms with van der Waals surface area (Å²) in [4.78, 5) is 25.8. The Morgan fingerprint density at radius 1 is 1.06 bits per heavy atom. The molecular weight excluding hydrogens is 440 g/mol. The van der Waals surface area contributed by atoms with Gasteiger partial charge in [-0.3, -0.25) is 19.8 Å². The van der Waals surface area contributed by atoms with E-state index >= 15 is 0 Å². The van der Waals surface area contributed by atoms with Crippen molar-refractivity contribution in [1.82, 2.24) is 10.2 Å². The lowest BCUT2D eigenvalue weighted by molar-refractivity contribution is -0.118. The number of benzene rings is 1. The average molecular weight is 477 g/mol. The molecule has 1 saturated carbocycles. The zero-order chi connectivity index (χ0) is 23.2. The van der Waals surface area contributed by atoms with Crippen LogP contribution in [0.1, 0.15) is 51.5 Å². The van der Waals surface area contributed by atoms with Crippen molar-refractivity contribution in [3.05, 3.63) is 29.8 Å². The Morgan fingerprint density at radius 3 is 2.42 bits per heavy atom. The number of nitrogens with zero attached hydrogens (tertiary/aromatic N) is 1. The smallest absolute Gasteiger partial charge is 0.286 e. The summed E-state index contributed by atoms with van der Waals surface area (Å²) < 4.78 is 18.4. The monoisotopic (exact) mass is 476 g/mol. The van der Waals surface area contributed by atoms with Crippen LogP contribution in [0.5, 0.6) is 5.75 Å². The number of nitrogens with one attached hydrogen (secondary N) is 1. The van der Waals surface area contributed by atoms with Crippen molar-refractivity contribution >= 4 is 22.9 Å². The fourth-order valence-electron chi connectivity index (χ4n) is 5.40. The number of carbonyl (C=O) groups is 2. The van der Waals surface area contributed by atoms with Crippen LogP contribution in [0.25, 0.3) is 0 Å². The molecule has 1 unspecified atom stereocenters. The molecule has 2 amide bonds. The number of hydrogen-bond acceptors (Lipinski definition) is 7. The van der Waals surface area contributed by atoms with E-state index in [9.17, 15) is 9.59 Å². The molecule has 33 heavy (non-hydrogen) atoms. The van der Waals surface area contributed by atoms with E-state index in [0.29, 0.717) is 38.3 Å². The van der Waals surface area contributed by atoms with E-state index in [-0.39, 0.29) is 28.6 Å². The molecule has 4 atom stereocenters. The highest BCUT2D eigenvalue weighted by atomic mass is 32.2. The summed E-state index contributed by atoms with van der Waals surface area (Å²) in [7, 11) is 0. The summed E-state index contributed by atoms with van der Waals surface area (Å²) in [6.07, 6.45) is 6.79. The summed E-state index contributed by atoms with van der Waals surface area (Å²) in [5.74, 6) is 0.612. The zero-order valence-electron chi connectivity index (χ0n) is 19.7. The fraction of sp³-hybridized carbons (Fsp3) is 0.680. The first-order chi connectivity index (χ1) is 16.1. The van der Waals surface area contributed by atoms with E-state index in [1.165, 1.54) is 25.7 Å². The Balaban J connectivity index is 1.33. The van der Waals surface area contributed by atoms with Crippen molar-refractivity contribution in [3.8, 4) is 5.75 Å². The molecule has 0 radical (unpaired) electrons. The topological polar surface area (TPSA) is 77.1 Å². The Morgan fingerprint density at radius 2 is 1.79 bits per heavy atom. The number of rotatable bonds is 11. The summed E-state index contributed by atoms with van der Waals surface area (Å²) in [5.41, 5.74) is 1.02. The van der Waals surface area contributed by atoms with Crippen LogP contribution >= 0.6 is 11.8 Å². The number of amides is 2. The van der Waals surface area contributed by atoms with Gasteiger partial charge in [-0.1, -0.05) is 36.7 Å². The first kappa shape index (κ1) is 24.5. The van der Waals surface area contributed by atoms with Gasteiger partial charge in [0.25, 0.3) is 5.24 Å². The van der Waals surface area contributed by atoms with Crippen LogP contribution in [0.2, 0.25) is 0 Å². The third kappa shape index (κ3) is 6.10. The second-order valence-electron chi connectivity index (χ2n) is 8.98. The molecule has 3 fully saturated rings. The maximum absolute atomic E-state index is 11.8. The van der Waals surface area contributed by atoms with E-state index in [1.807, 2.05) is 24.3 Å². The minimum Gasteiger partial charge on any atom is -0.494 e. The normalized spacial score (nSPS) is 28.5. The molecule has 3 aliphatic rings. The van der Waals surface area contributed by atoms with E-state index in [1.54, 1.807) is 0 Å². The van der Waals surface area contributed by atoms with Gasteiger partial charge >= 0.3 is 0 Å². The van der Waals surface area contributed by atoms with Gasteiger partial charge in [0.2, 0.25) is 5.91 Å². The van der Waals surface area contributed by atoms with Gasteiger partial charge in [-0.25, -0.2) is 0 Å². The SMILES string of the molecule is CCO[C@@H]1[C@H](OCC)CN(C2CCCC2)[C@H]1CCOc1ccc(CC2SC(=O)NC2=O)cc1. The van der Waals surface area contributed by atoms with E-state index < -0.39 is 0 Å². The van der Waals surface area contributed by atoms with Crippen molar-refractivity contribution in [2.24, 2.45) is 0 Å². The van der Waals surface area contributed by atoms with E-state index in [2.05, 4.69) is 24.1 Å². The van der Waals surface area contributed by atoms with Crippen LogP contribution in [-0.2, 0) is 20.7 Å². The Labute approximate surface area is 200 Å². The number of thioether (sulfide) groups is 1. The molecule has 0 spiro atoms. The van der Waals surface area contributed by atoms with Crippen LogP contribution in [0.15, 0.2) is 24.3 Å². The highest BCUT2D eigenvalue weighted by Gasteiger charge is 2.45. The summed E-state index contributed by atoms with van der Waals surface area (Å²) >= 11 is 1.06. The summed E-state index contributed by atoms with van der Waals surface area (Å²) in [6, 6.07) is 8.77. The molecule has 1 aromatic carbocycles. The van der Waals surface area contributed by atoms with E-state index in [4.69, 9.17) is 14.2 Å². The van der Waals surface area contributed by atoms with Crippen molar-refractivity contribution < 1.29 is 23.8 Å². The predicted molar refractivity (Wildman–Crippen MR) is 129 cm³/mol. The van der Waals surface area contributed by atoms with Crippen LogP contribution in [-0.4, -0.2) is 72.0 Å². The Hall–Kier alpha value is -1.61. The molecular formula is C25H36N2O5S. The standard InChI is InChI=1S/C25H36N2O5S/c1-3-30-21-16-27(18-7-5-6-8-18)20(23(21)31-4-2)13-14-32-19-11-9-17(10-12-19)15-22-24(28)26-25(29)33-22/h9-12,18,20-23H,3-8,13-16H2,1-2H3,(H,26,28,29)/t20-,21+,22?,23-/m0/s1. The van der Waals surface area contributed by atoms with Gasteiger partial charge in [0.15, 0.2) is 0 Å². The zero-order valence-corrected chi connectivity index (χ0v) is 20.5. The average Bonchev–Trinajstić information content (AvgIpc) is 3.51. The summed E-state index contributed by atoms with van der Waals surface area (Å²) in [6.45, 7) is 7.06. The van der Waals surface area contributed by atoms with Crippen molar-refractivity contribution in [2.75, 3.05) is 26.4 Å². The molecule has 2 aliphatic heterocycles. The van der Waals surface area contributed by atoms with Gasteiger partial charge in [-0.2, -0.15) is 0 Å². The lowest BCUT2D eigenvalue weighted by Gasteiger charge is -2.32. The Kier molecular flexibility index (Phi) is 8.68. The maximum atomic E-state index is 11.8. The maximum Gasteiger partial charge on any atom is 0.286 e.